The quantitative estimate of drug-likeness (QED) is 0.495. The second-order valence-electron chi connectivity index (χ2n) is 6.49. The number of cyclic esters (lactones) is 1. The molecule has 0 radical (unpaired) electrons. The molecule has 1 heterocycles. The number of hydrogen-bond acceptors (Lipinski definition) is 7. The number of rotatable bonds is 7. The maximum absolute atomic E-state index is 12.3. The van der Waals surface area contributed by atoms with Crippen LogP contribution in [0, 0.1) is 0 Å². The molecule has 3 rings (SSSR count). The van der Waals surface area contributed by atoms with Gasteiger partial charge in [0, 0.05) is 19.7 Å². The second kappa shape index (κ2) is 8.68. The molecule has 2 aromatic rings. The Morgan fingerprint density at radius 3 is 2.57 bits per heavy atom. The summed E-state index contributed by atoms with van der Waals surface area (Å²) in [5, 5.41) is 0. The van der Waals surface area contributed by atoms with Crippen molar-refractivity contribution < 1.29 is 27.4 Å². The summed E-state index contributed by atoms with van der Waals surface area (Å²) in [5.74, 6) is 0.543. The zero-order chi connectivity index (χ0) is 21.9. The number of ether oxygens (including phenoxy) is 3. The van der Waals surface area contributed by atoms with E-state index in [1.165, 1.54) is 33.3 Å². The number of carbonyl (C=O) groups excluding carboxylic acids is 1. The minimum atomic E-state index is -3.62. The number of methoxy groups -OCH3 is 1. The number of nitrogens with zero attached hydrogens (tertiary/aromatic N) is 2. The molecule has 2 aromatic carbocycles. The molecule has 0 N–H and O–H groups in total. The van der Waals surface area contributed by atoms with Crippen LogP contribution in [0.1, 0.15) is 18.1 Å². The lowest BCUT2D eigenvalue weighted by Gasteiger charge is -2.11. The molecule has 158 valence electrons. The van der Waals surface area contributed by atoms with Crippen LogP contribution in [0.2, 0.25) is 0 Å². The van der Waals surface area contributed by atoms with Gasteiger partial charge in [0.1, 0.15) is 0 Å². The minimum absolute atomic E-state index is 0.0416. The zero-order valence-electron chi connectivity index (χ0n) is 17.1. The van der Waals surface area contributed by atoms with Crippen molar-refractivity contribution in [3.8, 4) is 11.5 Å². The van der Waals surface area contributed by atoms with Crippen LogP contribution < -0.4 is 9.47 Å². The average molecular weight is 430 g/mol. The first kappa shape index (κ1) is 21.5. The Kier molecular flexibility index (Phi) is 6.23. The van der Waals surface area contributed by atoms with Crippen molar-refractivity contribution >= 4 is 28.0 Å². The van der Waals surface area contributed by atoms with Crippen LogP contribution in [-0.2, 0) is 19.6 Å². The van der Waals surface area contributed by atoms with E-state index in [2.05, 4.69) is 4.99 Å². The Balaban J connectivity index is 1.94. The summed E-state index contributed by atoms with van der Waals surface area (Å²) in [5.41, 5.74) is 1.16. The third kappa shape index (κ3) is 4.37. The van der Waals surface area contributed by atoms with Gasteiger partial charge < -0.3 is 14.2 Å². The smallest absolute Gasteiger partial charge is 0.363 e. The molecule has 8 nitrogen and oxygen atoms in total. The summed E-state index contributed by atoms with van der Waals surface area (Å²) in [7, 11) is 0.799. The molecule has 0 saturated heterocycles. The number of sulfonamides is 1. The van der Waals surface area contributed by atoms with E-state index in [0.29, 0.717) is 29.2 Å². The van der Waals surface area contributed by atoms with Crippen LogP contribution in [0.25, 0.3) is 6.08 Å². The van der Waals surface area contributed by atoms with E-state index in [-0.39, 0.29) is 16.5 Å². The van der Waals surface area contributed by atoms with Crippen molar-refractivity contribution in [2.24, 2.45) is 4.99 Å². The molecule has 30 heavy (non-hydrogen) atoms. The molecule has 0 amide bonds. The zero-order valence-corrected chi connectivity index (χ0v) is 17.9. The third-order valence-corrected chi connectivity index (χ3v) is 6.08. The second-order valence-corrected chi connectivity index (χ2v) is 8.65. The number of esters is 1. The largest absolute Gasteiger partial charge is 0.493 e. The number of hydrogen-bond donors (Lipinski definition) is 0. The summed E-state index contributed by atoms with van der Waals surface area (Å²) < 4.78 is 41.9. The Morgan fingerprint density at radius 2 is 1.90 bits per heavy atom. The summed E-state index contributed by atoms with van der Waals surface area (Å²) in [6.45, 7) is 2.37. The molecule has 0 bridgehead atoms. The summed E-state index contributed by atoms with van der Waals surface area (Å²) >= 11 is 0. The standard InChI is InChI=1S/C21H22N2O6S/c1-5-28-18-10-9-14(12-19(18)27-4)11-17-21(24)29-20(22-17)15-7-6-8-16(13-15)30(25,26)23(2)3/h6-13H,5H2,1-4H3/b17-11+. The Bertz CT molecular complexity index is 1140. The van der Waals surface area contributed by atoms with Gasteiger partial charge >= 0.3 is 5.97 Å². The predicted molar refractivity (Wildman–Crippen MR) is 112 cm³/mol. The van der Waals surface area contributed by atoms with Gasteiger partial charge in [-0.2, -0.15) is 0 Å². The SMILES string of the molecule is CCOc1ccc(/C=C2/N=C(c3cccc(S(=O)(=O)N(C)C)c3)OC2=O)cc1OC. The first-order chi connectivity index (χ1) is 14.3. The first-order valence-corrected chi connectivity index (χ1v) is 10.6. The molecular weight excluding hydrogens is 408 g/mol. The van der Waals surface area contributed by atoms with Crippen molar-refractivity contribution in [3.05, 3.63) is 59.3 Å². The number of benzene rings is 2. The van der Waals surface area contributed by atoms with Gasteiger partial charge in [0.2, 0.25) is 15.9 Å². The van der Waals surface area contributed by atoms with Gasteiger partial charge in [-0.05, 0) is 48.9 Å². The van der Waals surface area contributed by atoms with E-state index in [4.69, 9.17) is 14.2 Å². The van der Waals surface area contributed by atoms with E-state index in [0.717, 1.165) is 4.31 Å². The predicted octanol–water partition coefficient (Wildman–Crippen LogP) is 2.69. The van der Waals surface area contributed by atoms with Gasteiger partial charge in [-0.3, -0.25) is 0 Å². The maximum Gasteiger partial charge on any atom is 0.363 e. The van der Waals surface area contributed by atoms with Crippen LogP contribution in [0.15, 0.2) is 58.0 Å². The van der Waals surface area contributed by atoms with Gasteiger partial charge in [-0.15, -0.1) is 0 Å². The topological polar surface area (TPSA) is 94.5 Å². The van der Waals surface area contributed by atoms with E-state index < -0.39 is 16.0 Å². The molecule has 9 heteroatoms. The molecule has 0 aromatic heterocycles. The minimum Gasteiger partial charge on any atom is -0.493 e. The van der Waals surface area contributed by atoms with Crippen molar-refractivity contribution in [1.29, 1.82) is 0 Å². The van der Waals surface area contributed by atoms with Crippen LogP contribution in [0.5, 0.6) is 11.5 Å². The van der Waals surface area contributed by atoms with Gasteiger partial charge in [0.05, 0.1) is 18.6 Å². The number of carbonyl (C=O) groups is 1. The first-order valence-electron chi connectivity index (χ1n) is 9.12. The fourth-order valence-electron chi connectivity index (χ4n) is 2.74. The summed E-state index contributed by atoms with van der Waals surface area (Å²) in [6.07, 6.45) is 1.56. The highest BCUT2D eigenvalue weighted by atomic mass is 32.2. The Hall–Kier alpha value is -3.17. The van der Waals surface area contributed by atoms with Crippen LogP contribution in [0.4, 0.5) is 0 Å². The van der Waals surface area contributed by atoms with Gasteiger partial charge in [-0.1, -0.05) is 12.1 Å². The Morgan fingerprint density at radius 1 is 1.13 bits per heavy atom. The molecule has 0 spiro atoms. The highest BCUT2D eigenvalue weighted by Crippen LogP contribution is 2.30. The third-order valence-electron chi connectivity index (χ3n) is 4.27. The Labute approximate surface area is 175 Å². The van der Waals surface area contributed by atoms with Crippen LogP contribution >= 0.6 is 0 Å². The fraction of sp³-hybridized carbons (Fsp3) is 0.238. The molecule has 0 fully saturated rings. The number of aliphatic imine (C=N–C) groups is 1. The maximum atomic E-state index is 12.3. The lowest BCUT2D eigenvalue weighted by Crippen LogP contribution is -2.22. The molecule has 1 aliphatic rings. The lowest BCUT2D eigenvalue weighted by atomic mass is 10.1. The van der Waals surface area contributed by atoms with Gasteiger partial charge in [0.15, 0.2) is 17.2 Å². The summed E-state index contributed by atoms with van der Waals surface area (Å²) in [4.78, 5) is 16.6. The van der Waals surface area contributed by atoms with Crippen molar-refractivity contribution in [1.82, 2.24) is 4.31 Å². The molecule has 1 aliphatic heterocycles. The molecule has 0 aliphatic carbocycles. The van der Waals surface area contributed by atoms with E-state index in [9.17, 15) is 13.2 Å². The molecule has 0 saturated carbocycles. The molecule has 0 unspecified atom stereocenters. The van der Waals surface area contributed by atoms with Gasteiger partial charge in [-0.25, -0.2) is 22.5 Å². The van der Waals surface area contributed by atoms with Crippen LogP contribution in [0.3, 0.4) is 0 Å². The average Bonchev–Trinajstić information content (AvgIpc) is 3.09. The highest BCUT2D eigenvalue weighted by molar-refractivity contribution is 7.89. The fourth-order valence-corrected chi connectivity index (χ4v) is 3.69. The van der Waals surface area contributed by atoms with Crippen LogP contribution in [-0.4, -0.2) is 52.4 Å². The van der Waals surface area contributed by atoms with Crippen molar-refractivity contribution in [2.75, 3.05) is 27.8 Å². The van der Waals surface area contributed by atoms with Crippen molar-refractivity contribution in [3.63, 3.8) is 0 Å². The summed E-state index contributed by atoms with van der Waals surface area (Å²) in [6, 6.07) is 11.3. The van der Waals surface area contributed by atoms with Gasteiger partial charge in [0.25, 0.3) is 0 Å². The monoisotopic (exact) mass is 430 g/mol. The van der Waals surface area contributed by atoms with E-state index >= 15 is 0 Å². The highest BCUT2D eigenvalue weighted by Gasteiger charge is 2.26. The van der Waals surface area contributed by atoms with Crippen molar-refractivity contribution in [2.45, 2.75) is 11.8 Å². The molecule has 0 atom stereocenters. The normalized spacial score (nSPS) is 15.3. The van der Waals surface area contributed by atoms with E-state index in [1.54, 1.807) is 36.4 Å². The lowest BCUT2D eigenvalue weighted by molar-refractivity contribution is -0.129. The molecular formula is C21H22N2O6S. The van der Waals surface area contributed by atoms with E-state index in [1.807, 2.05) is 6.92 Å².